The van der Waals surface area contributed by atoms with Gasteiger partial charge < -0.3 is 10.6 Å². The van der Waals surface area contributed by atoms with E-state index in [1.807, 2.05) is 41.3 Å². The summed E-state index contributed by atoms with van der Waals surface area (Å²) in [6, 6.07) is 18.4. The first kappa shape index (κ1) is 28.4. The van der Waals surface area contributed by atoms with Gasteiger partial charge in [0.1, 0.15) is 23.1 Å². The minimum atomic E-state index is -0.775. The first-order valence-electron chi connectivity index (χ1n) is 13.5. The van der Waals surface area contributed by atoms with E-state index in [0.717, 1.165) is 27.8 Å². The van der Waals surface area contributed by atoms with Gasteiger partial charge in [0, 0.05) is 50.0 Å². The van der Waals surface area contributed by atoms with Gasteiger partial charge in [-0.05, 0) is 42.3 Å². The van der Waals surface area contributed by atoms with Crippen LogP contribution in [0.25, 0.3) is 0 Å². The van der Waals surface area contributed by atoms with Crippen molar-refractivity contribution in [1.29, 1.82) is 0 Å². The molecule has 1 fully saturated rings. The summed E-state index contributed by atoms with van der Waals surface area (Å²) in [5, 5.41) is 0. The van der Waals surface area contributed by atoms with Crippen LogP contribution in [0.5, 0.6) is 0 Å². The summed E-state index contributed by atoms with van der Waals surface area (Å²) in [4.78, 5) is 31.6. The first-order chi connectivity index (χ1) is 19.7. The number of hydrogen-bond acceptors (Lipinski definition) is 5. The largest absolute Gasteiger partial charge is 0.363 e. The molecule has 0 spiro atoms. The molecule has 0 bridgehead atoms. The number of halogens is 3. The van der Waals surface area contributed by atoms with Crippen LogP contribution in [-0.2, 0) is 19.6 Å². The number of aromatic nitrogens is 2. The Kier molecular flexibility index (Phi) is 8.41. The molecule has 0 saturated carbocycles. The molecule has 2 heterocycles. The summed E-state index contributed by atoms with van der Waals surface area (Å²) < 4.78 is 45.2. The Morgan fingerprint density at radius 1 is 0.805 bits per heavy atom. The minimum Gasteiger partial charge on any atom is -0.363 e. The molecule has 214 valence electrons. The Morgan fingerprint density at radius 3 is 2.12 bits per heavy atom. The molecule has 1 atom stereocenters. The summed E-state index contributed by atoms with van der Waals surface area (Å²) in [6.45, 7) is 3.85. The monoisotopic (exact) mass is 563 g/mol. The van der Waals surface area contributed by atoms with E-state index in [1.165, 1.54) is 22.8 Å². The van der Waals surface area contributed by atoms with Crippen molar-refractivity contribution < 1.29 is 13.2 Å². The van der Waals surface area contributed by atoms with E-state index >= 15 is 0 Å². The Hall–Kier alpha value is -4.15. The lowest BCUT2D eigenvalue weighted by molar-refractivity contribution is 0.249. The van der Waals surface area contributed by atoms with Crippen molar-refractivity contribution in [2.24, 2.45) is 5.73 Å². The van der Waals surface area contributed by atoms with E-state index in [2.05, 4.69) is 4.90 Å². The maximum atomic E-state index is 14.6. The Bertz CT molecular complexity index is 1630. The molecule has 0 unspecified atom stereocenters. The summed E-state index contributed by atoms with van der Waals surface area (Å²) in [5.41, 5.74) is 7.19. The molecule has 5 rings (SSSR count). The van der Waals surface area contributed by atoms with Gasteiger partial charge in [-0.15, -0.1) is 0 Å². The maximum absolute atomic E-state index is 14.6. The molecule has 3 aromatic carbocycles. The summed E-state index contributed by atoms with van der Waals surface area (Å²) in [7, 11) is 0. The summed E-state index contributed by atoms with van der Waals surface area (Å²) in [6.07, 6.45) is 0. The van der Waals surface area contributed by atoms with Gasteiger partial charge in [0.15, 0.2) is 0 Å². The fourth-order valence-corrected chi connectivity index (χ4v) is 5.36. The molecular formula is C31H32F3N5O2. The summed E-state index contributed by atoms with van der Waals surface area (Å²) >= 11 is 0. The SMILES string of the molecule is Cc1c(N2CCN(Cc3cccc(F)c3)CC2)c(=O)n(C[C@@H](N)c2ccccc2)c(=O)n1Cc1c(F)cccc1F. The van der Waals surface area contributed by atoms with Gasteiger partial charge in [-0.2, -0.15) is 0 Å². The molecule has 1 aromatic heterocycles. The fourth-order valence-electron chi connectivity index (χ4n) is 5.36. The molecule has 7 nitrogen and oxygen atoms in total. The summed E-state index contributed by atoms with van der Waals surface area (Å²) in [5.74, 6) is -1.84. The highest BCUT2D eigenvalue weighted by atomic mass is 19.1. The van der Waals surface area contributed by atoms with E-state index in [4.69, 9.17) is 5.73 Å². The van der Waals surface area contributed by atoms with Crippen molar-refractivity contribution in [3.05, 3.63) is 133 Å². The van der Waals surface area contributed by atoms with Crippen LogP contribution in [0.15, 0.2) is 82.4 Å². The molecule has 4 aromatic rings. The molecule has 0 radical (unpaired) electrons. The topological polar surface area (TPSA) is 76.5 Å². The average molecular weight is 564 g/mol. The standard InChI is InChI=1S/C31H32F3N5O2/c1-21-29(37-15-13-36(14-16-37)18-22-7-5-10-24(32)17-22)30(40)39(20-28(35)23-8-3-2-4-9-23)31(41)38(21)19-25-26(33)11-6-12-27(25)34/h2-12,17,28H,13-16,18-20,35H2,1H3/t28-/m1/s1. The second-order valence-corrected chi connectivity index (χ2v) is 10.3. The van der Waals surface area contributed by atoms with Gasteiger partial charge in [0.2, 0.25) is 0 Å². The molecular weight excluding hydrogens is 531 g/mol. The quantitative estimate of drug-likeness (QED) is 0.353. The molecule has 10 heteroatoms. The van der Waals surface area contributed by atoms with Crippen molar-refractivity contribution in [1.82, 2.24) is 14.0 Å². The van der Waals surface area contributed by atoms with E-state index in [0.29, 0.717) is 44.1 Å². The van der Waals surface area contributed by atoms with Crippen LogP contribution in [0.4, 0.5) is 18.9 Å². The lowest BCUT2D eigenvalue weighted by atomic mass is 10.1. The normalized spacial score (nSPS) is 14.8. The Balaban J connectivity index is 1.50. The minimum absolute atomic E-state index is 0.103. The molecule has 41 heavy (non-hydrogen) atoms. The van der Waals surface area contributed by atoms with Crippen LogP contribution in [-0.4, -0.2) is 40.2 Å². The maximum Gasteiger partial charge on any atom is 0.331 e. The fraction of sp³-hybridized carbons (Fsp3) is 0.290. The van der Waals surface area contributed by atoms with Gasteiger partial charge in [0.25, 0.3) is 5.56 Å². The molecule has 0 aliphatic carbocycles. The number of benzene rings is 3. The number of nitrogens with zero attached hydrogens (tertiary/aromatic N) is 4. The highest BCUT2D eigenvalue weighted by molar-refractivity contribution is 5.50. The van der Waals surface area contributed by atoms with Crippen LogP contribution < -0.4 is 21.9 Å². The lowest BCUT2D eigenvalue weighted by Gasteiger charge is -2.37. The smallest absolute Gasteiger partial charge is 0.331 e. The van der Waals surface area contributed by atoms with Crippen LogP contribution in [0.2, 0.25) is 0 Å². The number of nitrogens with two attached hydrogens (primary N) is 1. The second kappa shape index (κ2) is 12.2. The predicted molar refractivity (Wildman–Crippen MR) is 152 cm³/mol. The molecule has 2 N–H and O–H groups in total. The van der Waals surface area contributed by atoms with E-state index in [1.54, 1.807) is 13.0 Å². The van der Waals surface area contributed by atoms with Crippen molar-refractivity contribution >= 4 is 5.69 Å². The van der Waals surface area contributed by atoms with Crippen molar-refractivity contribution in [3.63, 3.8) is 0 Å². The van der Waals surface area contributed by atoms with E-state index in [-0.39, 0.29) is 24.5 Å². The third-order valence-corrected chi connectivity index (χ3v) is 7.63. The van der Waals surface area contributed by atoms with Gasteiger partial charge in [-0.1, -0.05) is 48.5 Å². The van der Waals surface area contributed by atoms with Crippen molar-refractivity contribution in [3.8, 4) is 0 Å². The zero-order chi connectivity index (χ0) is 29.1. The van der Waals surface area contributed by atoms with Gasteiger partial charge in [-0.3, -0.25) is 18.8 Å². The average Bonchev–Trinajstić information content (AvgIpc) is 2.96. The van der Waals surface area contributed by atoms with Crippen LogP contribution in [0.3, 0.4) is 0 Å². The molecule has 0 amide bonds. The first-order valence-corrected chi connectivity index (χ1v) is 13.5. The van der Waals surface area contributed by atoms with Gasteiger partial charge >= 0.3 is 5.69 Å². The highest BCUT2D eigenvalue weighted by Crippen LogP contribution is 2.21. The van der Waals surface area contributed by atoms with Gasteiger partial charge in [0.05, 0.1) is 13.1 Å². The third kappa shape index (κ3) is 6.13. The van der Waals surface area contributed by atoms with Crippen LogP contribution in [0.1, 0.15) is 28.4 Å². The molecule has 1 aliphatic rings. The third-order valence-electron chi connectivity index (χ3n) is 7.63. The molecule has 1 saturated heterocycles. The van der Waals surface area contributed by atoms with Crippen molar-refractivity contribution in [2.75, 3.05) is 31.1 Å². The predicted octanol–water partition coefficient (Wildman–Crippen LogP) is 3.81. The van der Waals surface area contributed by atoms with Crippen LogP contribution >= 0.6 is 0 Å². The van der Waals surface area contributed by atoms with E-state index < -0.39 is 28.9 Å². The number of piperazine rings is 1. The second-order valence-electron chi connectivity index (χ2n) is 10.3. The zero-order valence-electron chi connectivity index (χ0n) is 22.8. The number of anilines is 1. The number of hydrogen-bond donors (Lipinski definition) is 1. The molecule has 1 aliphatic heterocycles. The van der Waals surface area contributed by atoms with Gasteiger partial charge in [-0.25, -0.2) is 18.0 Å². The number of rotatable bonds is 8. The lowest BCUT2D eigenvalue weighted by Crippen LogP contribution is -2.51. The highest BCUT2D eigenvalue weighted by Gasteiger charge is 2.26. The Labute approximate surface area is 235 Å². The zero-order valence-corrected chi connectivity index (χ0v) is 22.8. The van der Waals surface area contributed by atoms with E-state index in [9.17, 15) is 22.8 Å². The Morgan fingerprint density at radius 2 is 1.46 bits per heavy atom. The van der Waals surface area contributed by atoms with Crippen LogP contribution in [0, 0.1) is 24.4 Å². The van der Waals surface area contributed by atoms with Crippen molar-refractivity contribution in [2.45, 2.75) is 32.6 Å².